The molecule has 1 aromatic rings. The Labute approximate surface area is 73.1 Å². The Morgan fingerprint density at radius 3 is 2.33 bits per heavy atom. The van der Waals surface area contributed by atoms with Crippen molar-refractivity contribution < 1.29 is 5.11 Å². The average molecular weight is 168 g/mol. The number of aliphatic hydroxyl groups is 1. The van der Waals surface area contributed by atoms with Crippen LogP contribution in [-0.4, -0.2) is 14.7 Å². The predicted octanol–water partition coefficient (Wildman–Crippen LogP) is 1.34. The maximum atomic E-state index is 8.96. The fraction of sp³-hybridized carbons (Fsp3) is 0.667. The number of hydrogen-bond donors (Lipinski definition) is 1. The summed E-state index contributed by atoms with van der Waals surface area (Å²) in [6.45, 7) is 6.21. The van der Waals surface area contributed by atoms with Crippen molar-refractivity contribution in [3.8, 4) is 0 Å². The Morgan fingerprint density at radius 2 is 2.08 bits per heavy atom. The third-order valence-electron chi connectivity index (χ3n) is 2.18. The van der Waals surface area contributed by atoms with Gasteiger partial charge in [0, 0.05) is 18.7 Å². The van der Waals surface area contributed by atoms with Crippen LogP contribution in [0.25, 0.3) is 0 Å². The zero-order chi connectivity index (χ0) is 9.30. The third-order valence-corrected chi connectivity index (χ3v) is 2.18. The minimum absolute atomic E-state index is 0.0341. The molecule has 1 aromatic heterocycles. The lowest BCUT2D eigenvalue weighted by molar-refractivity contribution is 0.276. The van der Waals surface area contributed by atoms with Gasteiger partial charge in [-0.2, -0.15) is 0 Å². The van der Waals surface area contributed by atoms with Crippen molar-refractivity contribution in [1.82, 2.24) is 9.55 Å². The van der Waals surface area contributed by atoms with Crippen LogP contribution in [0.1, 0.15) is 37.0 Å². The van der Waals surface area contributed by atoms with E-state index in [0.717, 1.165) is 17.2 Å². The molecule has 1 N–H and O–H groups in total. The number of aromatic nitrogens is 2. The monoisotopic (exact) mass is 168 g/mol. The first-order chi connectivity index (χ1) is 5.57. The molecule has 0 bridgehead atoms. The molecule has 0 fully saturated rings. The number of aliphatic hydroxyl groups excluding tert-OH is 1. The lowest BCUT2D eigenvalue weighted by Crippen LogP contribution is -2.00. The third kappa shape index (κ3) is 1.37. The van der Waals surface area contributed by atoms with Gasteiger partial charge in [-0.25, -0.2) is 4.98 Å². The predicted molar refractivity (Wildman–Crippen MR) is 48.0 cm³/mol. The normalized spacial score (nSPS) is 11.2. The van der Waals surface area contributed by atoms with Crippen LogP contribution in [0.3, 0.4) is 0 Å². The zero-order valence-electron chi connectivity index (χ0n) is 8.13. The summed E-state index contributed by atoms with van der Waals surface area (Å²) in [5, 5.41) is 8.96. The van der Waals surface area contributed by atoms with Crippen molar-refractivity contribution >= 4 is 0 Å². The maximum absolute atomic E-state index is 8.96. The first-order valence-electron chi connectivity index (χ1n) is 4.20. The van der Waals surface area contributed by atoms with Crippen molar-refractivity contribution in [1.29, 1.82) is 0 Å². The molecule has 0 unspecified atom stereocenters. The van der Waals surface area contributed by atoms with Crippen LogP contribution in [0.4, 0.5) is 0 Å². The SMILES string of the molecule is Cc1c(CO)nc(C(C)C)n1C. The summed E-state index contributed by atoms with van der Waals surface area (Å²) in [7, 11) is 1.98. The van der Waals surface area contributed by atoms with Crippen molar-refractivity contribution in [2.45, 2.75) is 33.3 Å². The largest absolute Gasteiger partial charge is 0.390 e. The summed E-state index contributed by atoms with van der Waals surface area (Å²) in [4.78, 5) is 4.34. The number of imidazole rings is 1. The second-order valence-corrected chi connectivity index (χ2v) is 3.37. The molecular weight excluding hydrogens is 152 g/mol. The molecule has 1 rings (SSSR count). The van der Waals surface area contributed by atoms with Gasteiger partial charge in [-0.1, -0.05) is 13.8 Å². The second kappa shape index (κ2) is 3.27. The van der Waals surface area contributed by atoms with Crippen LogP contribution in [0, 0.1) is 6.92 Å². The number of hydrogen-bond acceptors (Lipinski definition) is 2. The highest BCUT2D eigenvalue weighted by Gasteiger charge is 2.12. The molecule has 0 aromatic carbocycles. The molecule has 3 nitrogen and oxygen atoms in total. The van der Waals surface area contributed by atoms with Crippen molar-refractivity contribution in [3.63, 3.8) is 0 Å². The van der Waals surface area contributed by atoms with E-state index < -0.39 is 0 Å². The van der Waals surface area contributed by atoms with Gasteiger partial charge < -0.3 is 9.67 Å². The molecule has 0 saturated carbocycles. The van der Waals surface area contributed by atoms with Gasteiger partial charge in [0.1, 0.15) is 5.82 Å². The van der Waals surface area contributed by atoms with E-state index in [-0.39, 0.29) is 6.61 Å². The Bertz CT molecular complexity index is 276. The van der Waals surface area contributed by atoms with E-state index in [2.05, 4.69) is 18.8 Å². The maximum Gasteiger partial charge on any atom is 0.111 e. The molecule has 0 radical (unpaired) electrons. The quantitative estimate of drug-likeness (QED) is 0.723. The average Bonchev–Trinajstić information content (AvgIpc) is 2.30. The van der Waals surface area contributed by atoms with Crippen molar-refractivity contribution in [2.24, 2.45) is 7.05 Å². The molecule has 0 atom stereocenters. The van der Waals surface area contributed by atoms with E-state index in [1.54, 1.807) is 0 Å². The standard InChI is InChI=1S/C9H16N2O/c1-6(2)9-10-8(5-12)7(3)11(9)4/h6,12H,5H2,1-4H3. The van der Waals surface area contributed by atoms with Gasteiger partial charge in [0.05, 0.1) is 12.3 Å². The van der Waals surface area contributed by atoms with Crippen LogP contribution in [0.15, 0.2) is 0 Å². The lowest BCUT2D eigenvalue weighted by Gasteiger charge is -2.04. The van der Waals surface area contributed by atoms with Crippen LogP contribution in [-0.2, 0) is 13.7 Å². The van der Waals surface area contributed by atoms with Gasteiger partial charge in [0.15, 0.2) is 0 Å². The molecular formula is C9H16N2O. The van der Waals surface area contributed by atoms with E-state index in [0.29, 0.717) is 5.92 Å². The van der Waals surface area contributed by atoms with Gasteiger partial charge in [-0.05, 0) is 6.92 Å². The van der Waals surface area contributed by atoms with Crippen LogP contribution in [0.5, 0.6) is 0 Å². The van der Waals surface area contributed by atoms with Gasteiger partial charge >= 0.3 is 0 Å². The minimum Gasteiger partial charge on any atom is -0.390 e. The van der Waals surface area contributed by atoms with Gasteiger partial charge in [0.2, 0.25) is 0 Å². The molecule has 0 aliphatic rings. The van der Waals surface area contributed by atoms with Gasteiger partial charge in [-0.15, -0.1) is 0 Å². The minimum atomic E-state index is 0.0341. The van der Waals surface area contributed by atoms with E-state index >= 15 is 0 Å². The molecule has 68 valence electrons. The summed E-state index contributed by atoms with van der Waals surface area (Å²) >= 11 is 0. The van der Waals surface area contributed by atoms with Crippen LogP contribution in [0.2, 0.25) is 0 Å². The Morgan fingerprint density at radius 1 is 1.50 bits per heavy atom. The van der Waals surface area contributed by atoms with Crippen molar-refractivity contribution in [3.05, 3.63) is 17.2 Å². The first-order valence-corrected chi connectivity index (χ1v) is 4.20. The summed E-state index contributed by atoms with van der Waals surface area (Å²) in [6, 6.07) is 0. The molecule has 0 spiro atoms. The zero-order valence-corrected chi connectivity index (χ0v) is 8.13. The highest BCUT2D eigenvalue weighted by atomic mass is 16.3. The van der Waals surface area contributed by atoms with E-state index in [1.165, 1.54) is 0 Å². The van der Waals surface area contributed by atoms with E-state index in [1.807, 2.05) is 18.5 Å². The Hall–Kier alpha value is -0.830. The molecule has 0 amide bonds. The van der Waals surface area contributed by atoms with E-state index in [9.17, 15) is 0 Å². The molecule has 1 heterocycles. The second-order valence-electron chi connectivity index (χ2n) is 3.37. The Balaban J connectivity index is 3.16. The molecule has 0 saturated heterocycles. The summed E-state index contributed by atoms with van der Waals surface area (Å²) < 4.78 is 2.04. The first kappa shape index (κ1) is 9.26. The number of nitrogens with zero attached hydrogens (tertiary/aromatic N) is 2. The fourth-order valence-electron chi connectivity index (χ4n) is 1.33. The highest BCUT2D eigenvalue weighted by molar-refractivity contribution is 5.16. The molecule has 12 heavy (non-hydrogen) atoms. The Kier molecular flexibility index (Phi) is 2.52. The molecule has 3 heteroatoms. The van der Waals surface area contributed by atoms with Gasteiger partial charge in [0.25, 0.3) is 0 Å². The summed E-state index contributed by atoms with van der Waals surface area (Å²) in [5.41, 5.74) is 1.85. The smallest absolute Gasteiger partial charge is 0.111 e. The summed E-state index contributed by atoms with van der Waals surface area (Å²) in [6.07, 6.45) is 0. The van der Waals surface area contributed by atoms with Crippen LogP contribution < -0.4 is 0 Å². The lowest BCUT2D eigenvalue weighted by atomic mass is 10.2. The highest BCUT2D eigenvalue weighted by Crippen LogP contribution is 2.16. The molecule has 0 aliphatic heterocycles. The topological polar surface area (TPSA) is 38.1 Å². The van der Waals surface area contributed by atoms with Crippen LogP contribution >= 0.6 is 0 Å². The molecule has 0 aliphatic carbocycles. The van der Waals surface area contributed by atoms with E-state index in [4.69, 9.17) is 5.11 Å². The fourth-order valence-corrected chi connectivity index (χ4v) is 1.33. The van der Waals surface area contributed by atoms with Gasteiger partial charge in [-0.3, -0.25) is 0 Å². The van der Waals surface area contributed by atoms with Crippen molar-refractivity contribution in [2.75, 3.05) is 0 Å². The summed E-state index contributed by atoms with van der Waals surface area (Å²) in [5.74, 6) is 1.45. The number of rotatable bonds is 2.